The second-order valence-electron chi connectivity index (χ2n) is 8.15. The number of hydrogen-bond acceptors (Lipinski definition) is 4. The largest absolute Gasteiger partial charge is 0.490 e. The van der Waals surface area contributed by atoms with Crippen molar-refractivity contribution in [2.45, 2.75) is 13.5 Å². The van der Waals surface area contributed by atoms with Gasteiger partial charge in [0, 0.05) is 0 Å². The number of hydrogen-bond donors (Lipinski definition) is 1. The predicted molar refractivity (Wildman–Crippen MR) is 141 cm³/mol. The van der Waals surface area contributed by atoms with Crippen LogP contribution in [0.15, 0.2) is 90.6 Å². The Hall–Kier alpha value is -4.29. The molecule has 5 rings (SSSR count). The highest BCUT2D eigenvalue weighted by Gasteiger charge is 2.34. The average Bonchev–Trinajstić information content (AvgIpc) is 3.16. The summed E-state index contributed by atoms with van der Waals surface area (Å²) in [5.41, 5.74) is 2.26. The summed E-state index contributed by atoms with van der Waals surface area (Å²) in [6.45, 7) is 2.58. The van der Waals surface area contributed by atoms with Crippen LogP contribution >= 0.6 is 11.6 Å². The molecule has 1 heterocycles. The highest BCUT2D eigenvalue weighted by Crippen LogP contribution is 2.38. The van der Waals surface area contributed by atoms with E-state index in [9.17, 15) is 9.59 Å². The summed E-state index contributed by atoms with van der Waals surface area (Å²) in [5.74, 6) is 0.423. The van der Waals surface area contributed by atoms with E-state index in [4.69, 9.17) is 21.1 Å². The first-order valence-corrected chi connectivity index (χ1v) is 11.9. The molecule has 4 aromatic carbocycles. The third-order valence-corrected chi connectivity index (χ3v) is 6.07. The lowest BCUT2D eigenvalue weighted by molar-refractivity contribution is -0.113. The van der Waals surface area contributed by atoms with Gasteiger partial charge in [-0.25, -0.2) is 9.69 Å². The molecule has 0 aliphatic carbocycles. The summed E-state index contributed by atoms with van der Waals surface area (Å²) < 4.78 is 11.9. The number of rotatable bonds is 7. The minimum Gasteiger partial charge on any atom is -0.490 e. The number of urea groups is 1. The van der Waals surface area contributed by atoms with E-state index < -0.39 is 11.9 Å². The van der Waals surface area contributed by atoms with Gasteiger partial charge in [0.1, 0.15) is 12.3 Å². The molecule has 0 aromatic heterocycles. The highest BCUT2D eigenvalue weighted by atomic mass is 35.5. The van der Waals surface area contributed by atoms with E-state index in [2.05, 4.69) is 23.5 Å². The first-order chi connectivity index (χ1) is 17.5. The van der Waals surface area contributed by atoms with E-state index in [1.165, 1.54) is 0 Å². The molecule has 1 aliphatic rings. The summed E-state index contributed by atoms with van der Waals surface area (Å²) in [6.07, 6.45) is 1.58. The van der Waals surface area contributed by atoms with Gasteiger partial charge in [-0.15, -0.1) is 0 Å². The van der Waals surface area contributed by atoms with Gasteiger partial charge in [-0.05, 0) is 59.2 Å². The number of carbonyl (C=O) groups is 2. The molecule has 1 aliphatic heterocycles. The van der Waals surface area contributed by atoms with E-state index in [0.717, 1.165) is 21.2 Å². The van der Waals surface area contributed by atoms with Crippen LogP contribution in [0.25, 0.3) is 16.8 Å². The van der Waals surface area contributed by atoms with Gasteiger partial charge < -0.3 is 14.8 Å². The fourth-order valence-electron chi connectivity index (χ4n) is 4.16. The summed E-state index contributed by atoms with van der Waals surface area (Å²) in [4.78, 5) is 26.5. The number of imide groups is 1. The number of anilines is 1. The smallest absolute Gasteiger partial charge is 0.333 e. The molecule has 1 N–H and O–H groups in total. The molecule has 1 fully saturated rings. The molecule has 3 amide bonds. The summed E-state index contributed by atoms with van der Waals surface area (Å²) >= 11 is 6.61. The molecule has 4 aromatic rings. The number of ether oxygens (including phenoxy) is 2. The van der Waals surface area contributed by atoms with Crippen LogP contribution in [0.4, 0.5) is 10.5 Å². The van der Waals surface area contributed by atoms with Gasteiger partial charge in [-0.2, -0.15) is 0 Å². The maximum absolute atomic E-state index is 12.9. The average molecular weight is 499 g/mol. The lowest BCUT2D eigenvalue weighted by atomic mass is 10.1. The number of amides is 3. The Kier molecular flexibility index (Phi) is 6.60. The molecule has 36 heavy (non-hydrogen) atoms. The van der Waals surface area contributed by atoms with Gasteiger partial charge in [0.25, 0.3) is 5.91 Å². The minimum atomic E-state index is -0.511. The van der Waals surface area contributed by atoms with Crippen molar-refractivity contribution in [2.75, 3.05) is 11.5 Å². The van der Waals surface area contributed by atoms with Gasteiger partial charge in [0.15, 0.2) is 11.5 Å². The molecule has 0 bridgehead atoms. The van der Waals surface area contributed by atoms with E-state index in [0.29, 0.717) is 41.0 Å². The topological polar surface area (TPSA) is 67.9 Å². The number of carbonyl (C=O) groups excluding carboxylic acids is 2. The van der Waals surface area contributed by atoms with E-state index in [1.54, 1.807) is 42.5 Å². The van der Waals surface area contributed by atoms with Crippen molar-refractivity contribution in [3.05, 3.63) is 107 Å². The Morgan fingerprint density at radius 1 is 0.917 bits per heavy atom. The Morgan fingerprint density at radius 3 is 2.47 bits per heavy atom. The third-order valence-electron chi connectivity index (χ3n) is 5.79. The molecule has 1 saturated heterocycles. The number of nitrogens with zero attached hydrogens (tertiary/aromatic N) is 1. The summed E-state index contributed by atoms with van der Waals surface area (Å²) in [5, 5.41) is 5.21. The van der Waals surface area contributed by atoms with Gasteiger partial charge in [-0.1, -0.05) is 72.3 Å². The van der Waals surface area contributed by atoms with E-state index in [-0.39, 0.29) is 5.70 Å². The number of halogens is 1. The van der Waals surface area contributed by atoms with Crippen molar-refractivity contribution >= 4 is 46.1 Å². The molecule has 180 valence electrons. The summed E-state index contributed by atoms with van der Waals surface area (Å²) in [6, 6.07) is 25.8. The molecule has 7 heteroatoms. The lowest BCUT2D eigenvalue weighted by Gasteiger charge is -2.15. The van der Waals surface area contributed by atoms with Crippen LogP contribution < -0.4 is 19.7 Å². The zero-order valence-electron chi connectivity index (χ0n) is 19.5. The monoisotopic (exact) mass is 498 g/mol. The molecule has 0 saturated carbocycles. The van der Waals surface area contributed by atoms with Crippen LogP contribution in [0.5, 0.6) is 11.5 Å². The van der Waals surface area contributed by atoms with E-state index >= 15 is 0 Å². The third kappa shape index (κ3) is 4.63. The van der Waals surface area contributed by atoms with Crippen molar-refractivity contribution in [3.63, 3.8) is 0 Å². The molecule has 0 atom stereocenters. The van der Waals surface area contributed by atoms with Crippen LogP contribution in [-0.2, 0) is 11.4 Å². The normalized spacial score (nSPS) is 14.4. The second kappa shape index (κ2) is 10.1. The molecule has 0 unspecified atom stereocenters. The second-order valence-corrected chi connectivity index (χ2v) is 8.56. The Morgan fingerprint density at radius 2 is 1.67 bits per heavy atom. The quantitative estimate of drug-likeness (QED) is 0.231. The zero-order valence-corrected chi connectivity index (χ0v) is 20.3. The van der Waals surface area contributed by atoms with Crippen molar-refractivity contribution < 1.29 is 19.1 Å². The number of fused-ring (bicyclic) bond motifs is 1. The standard InChI is InChI=1S/C29H23ClN2O4/c1-2-35-26-17-19(16-25-28(33)32(29(34)31-25)22-12-4-3-5-13-22)15-24(30)27(26)36-18-21-11-8-10-20-9-6-7-14-23(20)21/h3-17H,2,18H2,1H3,(H,31,34)/b25-16+. The molecular weight excluding hydrogens is 476 g/mol. The minimum absolute atomic E-state index is 0.145. The maximum atomic E-state index is 12.9. The van der Waals surface area contributed by atoms with E-state index in [1.807, 2.05) is 37.3 Å². The molecule has 0 radical (unpaired) electrons. The zero-order chi connectivity index (χ0) is 25.1. The maximum Gasteiger partial charge on any atom is 0.333 e. The van der Waals surface area contributed by atoms with Gasteiger partial charge in [0.2, 0.25) is 0 Å². The van der Waals surface area contributed by atoms with Gasteiger partial charge in [0.05, 0.1) is 17.3 Å². The van der Waals surface area contributed by atoms with Gasteiger partial charge in [-0.3, -0.25) is 4.79 Å². The predicted octanol–water partition coefficient (Wildman–Crippen LogP) is 6.57. The van der Waals surface area contributed by atoms with Crippen molar-refractivity contribution in [1.82, 2.24) is 5.32 Å². The van der Waals surface area contributed by atoms with Crippen LogP contribution in [0.2, 0.25) is 5.02 Å². The molecule has 0 spiro atoms. The summed E-state index contributed by atoms with van der Waals surface area (Å²) in [7, 11) is 0. The highest BCUT2D eigenvalue weighted by molar-refractivity contribution is 6.32. The number of nitrogens with one attached hydrogen (secondary N) is 1. The molecular formula is C29H23ClN2O4. The first kappa shape index (κ1) is 23.5. The SMILES string of the molecule is CCOc1cc(/C=C2/NC(=O)N(c3ccccc3)C2=O)cc(Cl)c1OCc1cccc2ccccc12. The lowest BCUT2D eigenvalue weighted by Crippen LogP contribution is -2.30. The van der Waals surface area contributed by atoms with Crippen LogP contribution in [-0.4, -0.2) is 18.5 Å². The Labute approximate surface area is 213 Å². The Balaban J connectivity index is 1.42. The Bertz CT molecular complexity index is 1480. The number of benzene rings is 4. The van der Waals surface area contributed by atoms with Crippen molar-refractivity contribution in [3.8, 4) is 11.5 Å². The fourth-order valence-corrected chi connectivity index (χ4v) is 4.43. The van der Waals surface area contributed by atoms with Gasteiger partial charge >= 0.3 is 6.03 Å². The fraction of sp³-hybridized carbons (Fsp3) is 0.103. The molecule has 6 nitrogen and oxygen atoms in total. The first-order valence-electron chi connectivity index (χ1n) is 11.5. The number of para-hydroxylation sites is 1. The van der Waals surface area contributed by atoms with Crippen LogP contribution in [0, 0.1) is 0 Å². The van der Waals surface area contributed by atoms with Crippen molar-refractivity contribution in [1.29, 1.82) is 0 Å². The van der Waals surface area contributed by atoms with Crippen molar-refractivity contribution in [2.24, 2.45) is 0 Å². The van der Waals surface area contributed by atoms with Crippen LogP contribution in [0.3, 0.4) is 0 Å². The van der Waals surface area contributed by atoms with Crippen LogP contribution in [0.1, 0.15) is 18.1 Å².